The molecule has 2 heterocycles. The summed E-state index contributed by atoms with van der Waals surface area (Å²) in [6.45, 7) is 5.78. The van der Waals surface area contributed by atoms with Gasteiger partial charge in [0.05, 0.1) is 16.9 Å². The van der Waals surface area contributed by atoms with Gasteiger partial charge in [-0.3, -0.25) is 0 Å². The Kier molecular flexibility index (Phi) is 4.34. The highest BCUT2D eigenvalue weighted by Crippen LogP contribution is 2.26. The van der Waals surface area contributed by atoms with Crippen LogP contribution < -0.4 is 0 Å². The van der Waals surface area contributed by atoms with E-state index in [0.29, 0.717) is 11.9 Å². The van der Waals surface area contributed by atoms with Crippen molar-refractivity contribution < 1.29 is 0 Å². The number of hydrogen-bond acceptors (Lipinski definition) is 2. The summed E-state index contributed by atoms with van der Waals surface area (Å²) in [7, 11) is 0. The lowest BCUT2D eigenvalue weighted by molar-refractivity contribution is 0.288. The van der Waals surface area contributed by atoms with Crippen LogP contribution in [0.3, 0.4) is 0 Å². The molecule has 1 atom stereocenters. The van der Waals surface area contributed by atoms with Crippen LogP contribution in [-0.4, -0.2) is 34.1 Å². The van der Waals surface area contributed by atoms with E-state index in [1.165, 1.54) is 31.4 Å². The second-order valence-electron chi connectivity index (χ2n) is 5.52. The summed E-state index contributed by atoms with van der Waals surface area (Å²) in [6, 6.07) is 6.65. The molecule has 3 nitrogen and oxygen atoms in total. The second kappa shape index (κ2) is 6.04. The minimum Gasteiger partial charge on any atom is -0.323 e. The SMILES string of the molecule is CC(CN1CCCC1)n1c(CCl)nc2cc(Br)ccc21. The van der Waals surface area contributed by atoms with E-state index >= 15 is 0 Å². The fourth-order valence-electron chi connectivity index (χ4n) is 3.13. The number of fused-ring (bicyclic) bond motifs is 1. The van der Waals surface area contributed by atoms with Gasteiger partial charge < -0.3 is 9.47 Å². The molecular weight excluding hydrogens is 338 g/mol. The van der Waals surface area contributed by atoms with E-state index in [-0.39, 0.29) is 0 Å². The zero-order chi connectivity index (χ0) is 14.1. The quantitative estimate of drug-likeness (QED) is 0.766. The third-order valence-corrected chi connectivity index (χ3v) is 4.74. The number of benzene rings is 1. The molecule has 1 unspecified atom stereocenters. The van der Waals surface area contributed by atoms with Crippen LogP contribution in [0.5, 0.6) is 0 Å². The summed E-state index contributed by atoms with van der Waals surface area (Å²) < 4.78 is 3.36. The van der Waals surface area contributed by atoms with Crippen LogP contribution in [-0.2, 0) is 5.88 Å². The Hall–Kier alpha value is -0.580. The van der Waals surface area contributed by atoms with Gasteiger partial charge in [0.15, 0.2) is 0 Å². The molecule has 108 valence electrons. The van der Waals surface area contributed by atoms with Gasteiger partial charge in [0.1, 0.15) is 5.82 Å². The molecule has 0 spiro atoms. The average Bonchev–Trinajstić information content (AvgIpc) is 3.04. The van der Waals surface area contributed by atoms with Crippen molar-refractivity contribution in [2.45, 2.75) is 31.7 Å². The number of alkyl halides is 1. The van der Waals surface area contributed by atoms with Crippen LogP contribution >= 0.6 is 27.5 Å². The van der Waals surface area contributed by atoms with E-state index in [4.69, 9.17) is 11.6 Å². The topological polar surface area (TPSA) is 21.1 Å². The van der Waals surface area contributed by atoms with Gasteiger partial charge in [-0.05, 0) is 51.1 Å². The van der Waals surface area contributed by atoms with Gasteiger partial charge in [0, 0.05) is 17.1 Å². The highest BCUT2D eigenvalue weighted by atomic mass is 79.9. The van der Waals surface area contributed by atoms with Crippen LogP contribution in [0.2, 0.25) is 0 Å². The lowest BCUT2D eigenvalue weighted by atomic mass is 10.2. The Morgan fingerprint density at radius 2 is 2.10 bits per heavy atom. The fraction of sp³-hybridized carbons (Fsp3) is 0.533. The first-order valence-electron chi connectivity index (χ1n) is 7.13. The summed E-state index contributed by atoms with van der Waals surface area (Å²) in [5.74, 6) is 1.42. The summed E-state index contributed by atoms with van der Waals surface area (Å²) in [4.78, 5) is 7.21. The molecule has 5 heteroatoms. The third kappa shape index (κ3) is 2.74. The highest BCUT2D eigenvalue weighted by Gasteiger charge is 2.19. The molecule has 0 saturated carbocycles. The van der Waals surface area contributed by atoms with Gasteiger partial charge in [0.2, 0.25) is 0 Å². The number of halogens is 2. The molecule has 1 aliphatic rings. The van der Waals surface area contributed by atoms with Crippen molar-refractivity contribution in [1.29, 1.82) is 0 Å². The molecule has 20 heavy (non-hydrogen) atoms. The van der Waals surface area contributed by atoms with E-state index in [2.05, 4.69) is 55.5 Å². The van der Waals surface area contributed by atoms with Crippen molar-refractivity contribution in [3.05, 3.63) is 28.5 Å². The molecule has 3 rings (SSSR count). The first-order chi connectivity index (χ1) is 9.69. The number of rotatable bonds is 4. The van der Waals surface area contributed by atoms with E-state index in [1.807, 2.05) is 0 Å². The zero-order valence-electron chi connectivity index (χ0n) is 11.6. The van der Waals surface area contributed by atoms with Crippen LogP contribution in [0.1, 0.15) is 31.6 Å². The third-order valence-electron chi connectivity index (χ3n) is 4.01. The summed E-state index contributed by atoms with van der Waals surface area (Å²) in [6.07, 6.45) is 2.65. The number of likely N-dealkylation sites (tertiary alicyclic amines) is 1. The molecule has 1 saturated heterocycles. The first kappa shape index (κ1) is 14.4. The van der Waals surface area contributed by atoms with Crippen molar-refractivity contribution in [2.75, 3.05) is 19.6 Å². The van der Waals surface area contributed by atoms with E-state index in [1.54, 1.807) is 0 Å². The molecule has 2 aromatic rings. The fourth-order valence-corrected chi connectivity index (χ4v) is 3.67. The monoisotopic (exact) mass is 355 g/mol. The molecule has 0 radical (unpaired) electrons. The van der Waals surface area contributed by atoms with Crippen molar-refractivity contribution >= 4 is 38.6 Å². The molecule has 0 amide bonds. The molecular formula is C15H19BrClN3. The smallest absolute Gasteiger partial charge is 0.125 e. The van der Waals surface area contributed by atoms with Gasteiger partial charge in [-0.15, -0.1) is 11.6 Å². The summed E-state index contributed by atoms with van der Waals surface area (Å²) in [5.41, 5.74) is 2.19. The van der Waals surface area contributed by atoms with Crippen molar-refractivity contribution in [2.24, 2.45) is 0 Å². The Labute approximate surface area is 133 Å². The van der Waals surface area contributed by atoms with E-state index in [9.17, 15) is 0 Å². The normalized spacial score (nSPS) is 17.9. The molecule has 1 aliphatic heterocycles. The van der Waals surface area contributed by atoms with Crippen molar-refractivity contribution in [3.8, 4) is 0 Å². The lowest BCUT2D eigenvalue weighted by Gasteiger charge is -2.23. The summed E-state index contributed by atoms with van der Waals surface area (Å²) in [5, 5.41) is 0. The standard InChI is InChI=1S/C15H19BrClN3/c1-11(10-19-6-2-3-7-19)20-14-5-4-12(16)8-13(14)18-15(20)9-17/h4-5,8,11H,2-3,6-7,9-10H2,1H3. The number of imidazole rings is 1. The van der Waals surface area contributed by atoms with Gasteiger partial charge in [-0.25, -0.2) is 4.98 Å². The van der Waals surface area contributed by atoms with Crippen molar-refractivity contribution in [1.82, 2.24) is 14.5 Å². The Balaban J connectivity index is 1.95. The second-order valence-corrected chi connectivity index (χ2v) is 6.70. The molecule has 0 bridgehead atoms. The minimum atomic E-state index is 0.396. The van der Waals surface area contributed by atoms with Crippen LogP contribution in [0.4, 0.5) is 0 Å². The van der Waals surface area contributed by atoms with Gasteiger partial charge >= 0.3 is 0 Å². The van der Waals surface area contributed by atoms with Crippen LogP contribution in [0.25, 0.3) is 11.0 Å². The Morgan fingerprint density at radius 1 is 1.35 bits per heavy atom. The molecule has 0 aliphatic carbocycles. The first-order valence-corrected chi connectivity index (χ1v) is 8.46. The molecule has 1 aromatic heterocycles. The van der Waals surface area contributed by atoms with Crippen LogP contribution in [0.15, 0.2) is 22.7 Å². The van der Waals surface area contributed by atoms with Crippen molar-refractivity contribution in [3.63, 3.8) is 0 Å². The lowest BCUT2D eigenvalue weighted by Crippen LogP contribution is -2.27. The molecule has 0 N–H and O–H groups in total. The molecule has 1 fully saturated rings. The zero-order valence-corrected chi connectivity index (χ0v) is 14.0. The minimum absolute atomic E-state index is 0.396. The maximum Gasteiger partial charge on any atom is 0.125 e. The largest absolute Gasteiger partial charge is 0.323 e. The van der Waals surface area contributed by atoms with E-state index < -0.39 is 0 Å². The van der Waals surface area contributed by atoms with Gasteiger partial charge in [0.25, 0.3) is 0 Å². The van der Waals surface area contributed by atoms with Gasteiger partial charge in [-0.2, -0.15) is 0 Å². The van der Waals surface area contributed by atoms with E-state index in [0.717, 1.165) is 22.4 Å². The predicted molar refractivity (Wildman–Crippen MR) is 87.4 cm³/mol. The van der Waals surface area contributed by atoms with Gasteiger partial charge in [-0.1, -0.05) is 15.9 Å². The maximum atomic E-state index is 6.10. The Bertz CT molecular complexity index is 604. The molecule has 1 aromatic carbocycles. The Morgan fingerprint density at radius 3 is 2.80 bits per heavy atom. The van der Waals surface area contributed by atoms with Crippen LogP contribution in [0, 0.1) is 0 Å². The number of hydrogen-bond donors (Lipinski definition) is 0. The summed E-state index contributed by atoms with van der Waals surface area (Å²) >= 11 is 9.60. The highest BCUT2D eigenvalue weighted by molar-refractivity contribution is 9.10. The number of nitrogens with zero attached hydrogens (tertiary/aromatic N) is 3. The maximum absolute atomic E-state index is 6.10. The predicted octanol–water partition coefficient (Wildman–Crippen LogP) is 4.19. The average molecular weight is 357 g/mol. The number of aromatic nitrogens is 2.